The molecule has 1 unspecified atom stereocenters. The van der Waals surface area contributed by atoms with Crippen LogP contribution >= 0.6 is 0 Å². The number of anilines is 1. The van der Waals surface area contributed by atoms with Gasteiger partial charge in [0.2, 0.25) is 0 Å². The van der Waals surface area contributed by atoms with Crippen LogP contribution in [0.15, 0.2) is 29.2 Å². The predicted octanol–water partition coefficient (Wildman–Crippen LogP) is 1.30. The third kappa shape index (κ3) is 4.36. The molecule has 0 saturated carbocycles. The van der Waals surface area contributed by atoms with Crippen molar-refractivity contribution in [1.82, 2.24) is 0 Å². The van der Waals surface area contributed by atoms with Crippen LogP contribution in [-0.4, -0.2) is 39.5 Å². The molecule has 17 heavy (non-hydrogen) atoms. The highest BCUT2D eigenvalue weighted by atomic mass is 32.2. The molecule has 1 aromatic rings. The average molecular weight is 257 g/mol. The second-order valence-electron chi connectivity index (χ2n) is 4.33. The first-order valence-corrected chi connectivity index (χ1v) is 7.39. The van der Waals surface area contributed by atoms with Gasteiger partial charge < -0.3 is 10.0 Å². The second kappa shape index (κ2) is 5.51. The van der Waals surface area contributed by atoms with Crippen LogP contribution in [0, 0.1) is 0 Å². The number of nitrogens with zero attached hydrogens (tertiary/aromatic N) is 1. The minimum Gasteiger partial charge on any atom is -0.393 e. The van der Waals surface area contributed by atoms with Gasteiger partial charge in [0.1, 0.15) is 0 Å². The lowest BCUT2D eigenvalue weighted by atomic mass is 10.2. The molecule has 0 aromatic heterocycles. The Morgan fingerprint density at radius 1 is 1.29 bits per heavy atom. The molecule has 1 N–H and O–H groups in total. The largest absolute Gasteiger partial charge is 0.393 e. The standard InChI is InChI=1S/C12H19NO3S/c1-10(14)8-9-13(2)11-4-6-12(7-5-11)17(3,15)16/h4-7,10,14H,8-9H2,1-3H3. The SMILES string of the molecule is CC(O)CCN(C)c1ccc(S(C)(=O)=O)cc1. The molecular weight excluding hydrogens is 238 g/mol. The monoisotopic (exact) mass is 257 g/mol. The van der Waals surface area contributed by atoms with Crippen molar-refractivity contribution in [3.05, 3.63) is 24.3 Å². The number of hydrogen-bond donors (Lipinski definition) is 1. The van der Waals surface area contributed by atoms with Gasteiger partial charge in [0.15, 0.2) is 9.84 Å². The molecule has 0 bridgehead atoms. The zero-order valence-corrected chi connectivity index (χ0v) is 11.2. The van der Waals surface area contributed by atoms with Crippen LogP contribution in [0.25, 0.3) is 0 Å². The van der Waals surface area contributed by atoms with Crippen LogP contribution in [0.5, 0.6) is 0 Å². The van der Waals surface area contributed by atoms with Crippen LogP contribution < -0.4 is 4.90 Å². The summed E-state index contributed by atoms with van der Waals surface area (Å²) in [6, 6.07) is 6.75. The van der Waals surface area contributed by atoms with Crippen LogP contribution in [0.4, 0.5) is 5.69 Å². The number of benzene rings is 1. The fourth-order valence-corrected chi connectivity index (χ4v) is 2.09. The van der Waals surface area contributed by atoms with Gasteiger partial charge in [-0.1, -0.05) is 0 Å². The first-order valence-electron chi connectivity index (χ1n) is 5.50. The normalized spacial score (nSPS) is 13.4. The molecule has 4 nitrogen and oxygen atoms in total. The second-order valence-corrected chi connectivity index (χ2v) is 6.34. The highest BCUT2D eigenvalue weighted by Crippen LogP contribution is 2.17. The number of aliphatic hydroxyl groups is 1. The van der Waals surface area contributed by atoms with E-state index in [2.05, 4.69) is 0 Å². The summed E-state index contributed by atoms with van der Waals surface area (Å²) in [4.78, 5) is 2.31. The highest BCUT2D eigenvalue weighted by molar-refractivity contribution is 7.90. The van der Waals surface area contributed by atoms with Crippen molar-refractivity contribution in [2.75, 3.05) is 24.7 Å². The van der Waals surface area contributed by atoms with Gasteiger partial charge in [-0.3, -0.25) is 0 Å². The lowest BCUT2D eigenvalue weighted by Gasteiger charge is -2.20. The van der Waals surface area contributed by atoms with E-state index in [4.69, 9.17) is 0 Å². The number of rotatable bonds is 5. The molecule has 0 amide bonds. The molecule has 1 aromatic carbocycles. The molecule has 0 spiro atoms. The van der Waals surface area contributed by atoms with Gasteiger partial charge in [0.25, 0.3) is 0 Å². The maximum absolute atomic E-state index is 11.3. The molecule has 0 radical (unpaired) electrons. The Bertz CT molecular complexity index is 451. The summed E-state index contributed by atoms with van der Waals surface area (Å²) in [5.74, 6) is 0. The van der Waals surface area contributed by atoms with Crippen LogP contribution in [-0.2, 0) is 9.84 Å². The summed E-state index contributed by atoms with van der Waals surface area (Å²) < 4.78 is 22.6. The number of aliphatic hydroxyl groups excluding tert-OH is 1. The van der Waals surface area contributed by atoms with Crippen molar-refractivity contribution in [3.8, 4) is 0 Å². The van der Waals surface area contributed by atoms with E-state index >= 15 is 0 Å². The summed E-state index contributed by atoms with van der Waals surface area (Å²) in [6.07, 6.45) is 1.55. The van der Waals surface area contributed by atoms with E-state index in [9.17, 15) is 13.5 Å². The first-order chi connectivity index (χ1) is 7.80. The predicted molar refractivity (Wildman–Crippen MR) is 69.1 cm³/mol. The third-order valence-corrected chi connectivity index (χ3v) is 3.72. The van der Waals surface area contributed by atoms with Gasteiger partial charge in [-0.2, -0.15) is 0 Å². The van der Waals surface area contributed by atoms with E-state index in [1.165, 1.54) is 6.26 Å². The van der Waals surface area contributed by atoms with E-state index in [0.29, 0.717) is 11.3 Å². The summed E-state index contributed by atoms with van der Waals surface area (Å²) >= 11 is 0. The Hall–Kier alpha value is -1.07. The molecule has 1 rings (SSSR count). The fraction of sp³-hybridized carbons (Fsp3) is 0.500. The lowest BCUT2D eigenvalue weighted by molar-refractivity contribution is 0.187. The Balaban J connectivity index is 2.74. The van der Waals surface area contributed by atoms with Gasteiger partial charge in [-0.25, -0.2) is 8.42 Å². The Labute approximate surface area is 103 Å². The van der Waals surface area contributed by atoms with Crippen LogP contribution in [0.3, 0.4) is 0 Å². The smallest absolute Gasteiger partial charge is 0.175 e. The summed E-state index contributed by atoms with van der Waals surface area (Å²) in [7, 11) is -1.22. The van der Waals surface area contributed by atoms with Crippen LogP contribution in [0.1, 0.15) is 13.3 Å². The molecule has 1 atom stereocenters. The maximum atomic E-state index is 11.3. The quantitative estimate of drug-likeness (QED) is 0.863. The van der Waals surface area contributed by atoms with Gasteiger partial charge in [-0.15, -0.1) is 0 Å². The summed E-state index contributed by atoms with van der Waals surface area (Å²) in [6.45, 7) is 2.48. The van der Waals surface area contributed by atoms with Crippen molar-refractivity contribution in [2.45, 2.75) is 24.3 Å². The van der Waals surface area contributed by atoms with E-state index < -0.39 is 9.84 Å². The van der Waals surface area contributed by atoms with Crippen molar-refractivity contribution in [2.24, 2.45) is 0 Å². The minimum absolute atomic E-state index is 0.324. The van der Waals surface area contributed by atoms with Crippen molar-refractivity contribution in [3.63, 3.8) is 0 Å². The Kier molecular flexibility index (Phi) is 4.54. The van der Waals surface area contributed by atoms with Gasteiger partial charge in [0.05, 0.1) is 11.0 Å². The van der Waals surface area contributed by atoms with Gasteiger partial charge >= 0.3 is 0 Å². The molecule has 0 fully saturated rings. The molecule has 0 aliphatic carbocycles. The summed E-state index contributed by atoms with van der Waals surface area (Å²) in [5.41, 5.74) is 0.943. The number of sulfone groups is 1. The number of hydrogen-bond acceptors (Lipinski definition) is 4. The molecule has 96 valence electrons. The Morgan fingerprint density at radius 3 is 2.24 bits per heavy atom. The minimum atomic E-state index is -3.13. The van der Waals surface area contributed by atoms with E-state index in [-0.39, 0.29) is 6.10 Å². The van der Waals surface area contributed by atoms with E-state index in [1.54, 1.807) is 31.2 Å². The van der Waals surface area contributed by atoms with Crippen molar-refractivity contribution >= 4 is 15.5 Å². The van der Waals surface area contributed by atoms with Gasteiger partial charge in [0, 0.05) is 25.5 Å². The fourth-order valence-electron chi connectivity index (χ4n) is 1.46. The summed E-state index contributed by atoms with van der Waals surface area (Å²) in [5, 5.41) is 9.19. The molecule has 0 saturated heterocycles. The molecule has 0 aliphatic heterocycles. The maximum Gasteiger partial charge on any atom is 0.175 e. The van der Waals surface area contributed by atoms with Crippen molar-refractivity contribution < 1.29 is 13.5 Å². The zero-order chi connectivity index (χ0) is 13.1. The molecule has 5 heteroatoms. The van der Waals surface area contributed by atoms with E-state index in [0.717, 1.165) is 12.2 Å². The molecule has 0 aliphatic rings. The lowest BCUT2D eigenvalue weighted by Crippen LogP contribution is -2.21. The van der Waals surface area contributed by atoms with E-state index in [1.807, 2.05) is 11.9 Å². The molecular formula is C12H19NO3S. The topological polar surface area (TPSA) is 57.6 Å². The Morgan fingerprint density at radius 2 is 1.82 bits per heavy atom. The van der Waals surface area contributed by atoms with Gasteiger partial charge in [-0.05, 0) is 37.6 Å². The molecule has 0 heterocycles. The zero-order valence-electron chi connectivity index (χ0n) is 10.4. The third-order valence-electron chi connectivity index (χ3n) is 2.59. The highest BCUT2D eigenvalue weighted by Gasteiger charge is 2.08. The van der Waals surface area contributed by atoms with Crippen LogP contribution in [0.2, 0.25) is 0 Å². The first kappa shape index (κ1) is 14.0. The average Bonchev–Trinajstić information content (AvgIpc) is 2.25. The van der Waals surface area contributed by atoms with Crippen molar-refractivity contribution in [1.29, 1.82) is 0 Å².